The molecule has 2 atom stereocenters. The molecule has 2 heteroatoms. The molecule has 0 saturated heterocycles. The highest BCUT2D eigenvalue weighted by Crippen LogP contribution is 2.14. The Morgan fingerprint density at radius 1 is 0.636 bits per heavy atom. The van der Waals surface area contributed by atoms with Gasteiger partial charge in [0.15, 0.2) is 0 Å². The molecule has 0 spiro atoms. The lowest BCUT2D eigenvalue weighted by atomic mass is 10.0. The minimum atomic E-state index is 0.257. The van der Waals surface area contributed by atoms with Gasteiger partial charge in [-0.25, -0.2) is 0 Å². The molecule has 0 aromatic heterocycles. The molecule has 0 heterocycles. The van der Waals surface area contributed by atoms with Crippen molar-refractivity contribution >= 4 is 0 Å². The van der Waals surface area contributed by atoms with Crippen LogP contribution in [0.5, 0.6) is 0 Å². The highest BCUT2D eigenvalue weighted by molar-refractivity contribution is 4.76. The average molecular weight is 156 g/mol. The third-order valence-electron chi connectivity index (χ3n) is 2.62. The molecule has 0 amide bonds. The Morgan fingerprint density at radius 2 is 1.00 bits per heavy atom. The van der Waals surface area contributed by atoms with E-state index in [1.165, 1.54) is 32.1 Å². The molecule has 0 aromatic rings. The molecule has 4 N–H and O–H groups in total. The predicted octanol–water partition coefficient (Wildman–Crippen LogP) is 1.39. The SMILES string of the molecule is N[C@H]1CCCCCCC[C@@H]1N. The average Bonchev–Trinajstić information content (AvgIpc) is 2.07. The van der Waals surface area contributed by atoms with Gasteiger partial charge < -0.3 is 11.5 Å². The first kappa shape index (κ1) is 9.01. The van der Waals surface area contributed by atoms with Crippen molar-refractivity contribution in [2.24, 2.45) is 11.5 Å². The lowest BCUT2D eigenvalue weighted by Crippen LogP contribution is -2.40. The Bertz CT molecular complexity index is 91.7. The van der Waals surface area contributed by atoms with Crippen LogP contribution in [-0.4, -0.2) is 12.1 Å². The molecule has 1 aliphatic carbocycles. The molecule has 66 valence electrons. The Morgan fingerprint density at radius 3 is 1.45 bits per heavy atom. The minimum Gasteiger partial charge on any atom is -0.326 e. The van der Waals surface area contributed by atoms with E-state index < -0.39 is 0 Å². The van der Waals surface area contributed by atoms with Gasteiger partial charge in [0.1, 0.15) is 0 Å². The van der Waals surface area contributed by atoms with Gasteiger partial charge in [0, 0.05) is 12.1 Å². The van der Waals surface area contributed by atoms with Gasteiger partial charge in [-0.2, -0.15) is 0 Å². The molecule has 1 aliphatic rings. The predicted molar refractivity (Wildman–Crippen MR) is 48.3 cm³/mol. The monoisotopic (exact) mass is 156 g/mol. The first-order chi connectivity index (χ1) is 5.30. The van der Waals surface area contributed by atoms with Crippen molar-refractivity contribution in [1.29, 1.82) is 0 Å². The van der Waals surface area contributed by atoms with E-state index in [9.17, 15) is 0 Å². The molecule has 11 heavy (non-hydrogen) atoms. The molecule has 0 aromatic carbocycles. The number of rotatable bonds is 0. The van der Waals surface area contributed by atoms with E-state index >= 15 is 0 Å². The summed E-state index contributed by atoms with van der Waals surface area (Å²) in [6, 6.07) is 0.515. The van der Waals surface area contributed by atoms with Gasteiger partial charge in [-0.3, -0.25) is 0 Å². The second kappa shape index (κ2) is 4.73. The summed E-state index contributed by atoms with van der Waals surface area (Å²) in [7, 11) is 0. The zero-order valence-electron chi connectivity index (χ0n) is 7.26. The van der Waals surface area contributed by atoms with Crippen molar-refractivity contribution in [2.75, 3.05) is 0 Å². The first-order valence-corrected chi connectivity index (χ1v) is 4.82. The maximum Gasteiger partial charge on any atom is 0.0192 e. The van der Waals surface area contributed by atoms with E-state index in [0.717, 1.165) is 12.8 Å². The summed E-state index contributed by atoms with van der Waals surface area (Å²) in [4.78, 5) is 0. The zero-order valence-corrected chi connectivity index (χ0v) is 7.26. The van der Waals surface area contributed by atoms with E-state index in [4.69, 9.17) is 11.5 Å². The second-order valence-corrected chi connectivity index (χ2v) is 3.67. The first-order valence-electron chi connectivity index (χ1n) is 4.82. The molecule has 0 aliphatic heterocycles. The topological polar surface area (TPSA) is 52.0 Å². The third kappa shape index (κ3) is 3.21. The quantitative estimate of drug-likeness (QED) is 0.557. The van der Waals surface area contributed by atoms with Crippen LogP contribution < -0.4 is 11.5 Å². The summed E-state index contributed by atoms with van der Waals surface area (Å²) in [6.07, 6.45) is 8.87. The van der Waals surface area contributed by atoms with Crippen LogP contribution in [0.2, 0.25) is 0 Å². The number of hydrogen-bond acceptors (Lipinski definition) is 2. The summed E-state index contributed by atoms with van der Waals surface area (Å²) in [5.74, 6) is 0. The molecule has 1 saturated carbocycles. The van der Waals surface area contributed by atoms with Gasteiger partial charge in [0.25, 0.3) is 0 Å². The van der Waals surface area contributed by atoms with Crippen molar-refractivity contribution in [2.45, 2.75) is 57.0 Å². The van der Waals surface area contributed by atoms with Gasteiger partial charge in [-0.1, -0.05) is 32.1 Å². The van der Waals surface area contributed by atoms with Crippen LogP contribution in [0.1, 0.15) is 44.9 Å². The van der Waals surface area contributed by atoms with E-state index in [0.29, 0.717) is 0 Å². The van der Waals surface area contributed by atoms with Crippen molar-refractivity contribution < 1.29 is 0 Å². The van der Waals surface area contributed by atoms with Crippen LogP contribution in [0, 0.1) is 0 Å². The third-order valence-corrected chi connectivity index (χ3v) is 2.62. The van der Waals surface area contributed by atoms with E-state index in [-0.39, 0.29) is 12.1 Å². The lowest BCUT2D eigenvalue weighted by Gasteiger charge is -2.17. The number of nitrogens with two attached hydrogens (primary N) is 2. The molecule has 0 bridgehead atoms. The summed E-state index contributed by atoms with van der Waals surface area (Å²) in [6.45, 7) is 0. The van der Waals surface area contributed by atoms with Crippen molar-refractivity contribution in [1.82, 2.24) is 0 Å². The Hall–Kier alpha value is -0.0800. The highest BCUT2D eigenvalue weighted by Gasteiger charge is 2.13. The summed E-state index contributed by atoms with van der Waals surface area (Å²) < 4.78 is 0. The summed E-state index contributed by atoms with van der Waals surface area (Å²) in [5.41, 5.74) is 11.8. The molecular formula is C9H20N2. The standard InChI is InChI=1S/C9H20N2/c10-8-6-4-2-1-3-5-7-9(8)11/h8-9H,1-7,10-11H2/t8-,9-/m0/s1. The fourth-order valence-corrected chi connectivity index (χ4v) is 1.72. The van der Waals surface area contributed by atoms with Crippen LogP contribution in [0.25, 0.3) is 0 Å². The molecule has 1 rings (SSSR count). The van der Waals surface area contributed by atoms with Gasteiger partial charge in [-0.15, -0.1) is 0 Å². The summed E-state index contributed by atoms with van der Waals surface area (Å²) in [5, 5.41) is 0. The second-order valence-electron chi connectivity index (χ2n) is 3.67. The van der Waals surface area contributed by atoms with Crippen molar-refractivity contribution in [3.63, 3.8) is 0 Å². The van der Waals surface area contributed by atoms with Gasteiger partial charge in [-0.05, 0) is 12.8 Å². The van der Waals surface area contributed by atoms with E-state index in [2.05, 4.69) is 0 Å². The van der Waals surface area contributed by atoms with Crippen molar-refractivity contribution in [3.8, 4) is 0 Å². The Kier molecular flexibility index (Phi) is 3.87. The largest absolute Gasteiger partial charge is 0.326 e. The van der Waals surface area contributed by atoms with Crippen LogP contribution in [0.4, 0.5) is 0 Å². The fraction of sp³-hybridized carbons (Fsp3) is 1.00. The molecule has 0 unspecified atom stereocenters. The smallest absolute Gasteiger partial charge is 0.0192 e. The normalized spacial score (nSPS) is 35.5. The molecule has 0 radical (unpaired) electrons. The van der Waals surface area contributed by atoms with Gasteiger partial charge >= 0.3 is 0 Å². The highest BCUT2D eigenvalue weighted by atomic mass is 14.8. The van der Waals surface area contributed by atoms with Gasteiger partial charge in [0.05, 0.1) is 0 Å². The Labute approximate surface area is 69.3 Å². The van der Waals surface area contributed by atoms with Crippen LogP contribution >= 0.6 is 0 Å². The summed E-state index contributed by atoms with van der Waals surface area (Å²) >= 11 is 0. The minimum absolute atomic E-state index is 0.257. The Balaban J connectivity index is 2.29. The van der Waals surface area contributed by atoms with E-state index in [1.54, 1.807) is 0 Å². The van der Waals surface area contributed by atoms with Crippen molar-refractivity contribution in [3.05, 3.63) is 0 Å². The van der Waals surface area contributed by atoms with Crippen LogP contribution in [-0.2, 0) is 0 Å². The lowest BCUT2D eigenvalue weighted by molar-refractivity contribution is 0.462. The zero-order chi connectivity index (χ0) is 8.10. The maximum atomic E-state index is 5.89. The molecular weight excluding hydrogens is 136 g/mol. The van der Waals surface area contributed by atoms with Gasteiger partial charge in [0.2, 0.25) is 0 Å². The fourth-order valence-electron chi connectivity index (χ4n) is 1.72. The maximum absolute atomic E-state index is 5.89. The van der Waals surface area contributed by atoms with Crippen LogP contribution in [0.3, 0.4) is 0 Å². The number of hydrogen-bond donors (Lipinski definition) is 2. The van der Waals surface area contributed by atoms with Crippen LogP contribution in [0.15, 0.2) is 0 Å². The molecule has 2 nitrogen and oxygen atoms in total. The molecule has 1 fully saturated rings. The van der Waals surface area contributed by atoms with E-state index in [1.807, 2.05) is 0 Å².